The van der Waals surface area contributed by atoms with Crippen LogP contribution in [0.1, 0.15) is 33.3 Å². The molecule has 4 N–H and O–H groups in total. The predicted molar refractivity (Wildman–Crippen MR) is 97.5 cm³/mol. The number of amides is 2. The summed E-state index contributed by atoms with van der Waals surface area (Å²) in [4.78, 5) is 26.0. The molecule has 0 spiro atoms. The Morgan fingerprint density at radius 3 is 2.46 bits per heavy atom. The van der Waals surface area contributed by atoms with Crippen LogP contribution in [-0.4, -0.2) is 42.4 Å². The molecular formula is C18H30N4O2. The summed E-state index contributed by atoms with van der Waals surface area (Å²) in [7, 11) is 0. The van der Waals surface area contributed by atoms with Crippen LogP contribution in [0.2, 0.25) is 0 Å². The summed E-state index contributed by atoms with van der Waals surface area (Å²) in [6.07, 6.45) is 0. The van der Waals surface area contributed by atoms with Crippen LogP contribution in [0.5, 0.6) is 0 Å². The average molecular weight is 334 g/mol. The van der Waals surface area contributed by atoms with Crippen LogP contribution in [0.15, 0.2) is 24.3 Å². The third-order valence-corrected chi connectivity index (χ3v) is 3.96. The maximum atomic E-state index is 12.0. The summed E-state index contributed by atoms with van der Waals surface area (Å²) < 4.78 is 0. The third-order valence-electron chi connectivity index (χ3n) is 3.96. The summed E-state index contributed by atoms with van der Waals surface area (Å²) in [6, 6.07) is 7.15. The molecule has 0 aliphatic carbocycles. The van der Waals surface area contributed by atoms with Gasteiger partial charge in [0, 0.05) is 12.2 Å². The van der Waals surface area contributed by atoms with Gasteiger partial charge in [-0.2, -0.15) is 0 Å². The molecule has 1 atom stereocenters. The Morgan fingerprint density at radius 2 is 1.88 bits per heavy atom. The van der Waals surface area contributed by atoms with E-state index in [1.165, 1.54) is 0 Å². The highest BCUT2D eigenvalue weighted by molar-refractivity contribution is 5.95. The Hall–Kier alpha value is -1.92. The average Bonchev–Trinajstić information content (AvgIpc) is 2.57. The van der Waals surface area contributed by atoms with Gasteiger partial charge in [0.25, 0.3) is 0 Å². The van der Waals surface area contributed by atoms with Gasteiger partial charge < -0.3 is 16.4 Å². The molecule has 0 unspecified atom stereocenters. The standard InChI is InChI=1S/C18H30N4O2/c1-5-22(6-2)12-14-8-7-9-15(10-14)21-16(23)11-20-18(24)17(19)13(3)4/h7-10,13,17H,5-6,11-12,19H2,1-4H3,(H,20,24)(H,21,23)/t17-/m0/s1. The van der Waals surface area contributed by atoms with Crippen molar-refractivity contribution in [1.82, 2.24) is 10.2 Å². The van der Waals surface area contributed by atoms with Gasteiger partial charge in [-0.3, -0.25) is 14.5 Å². The molecule has 1 aromatic carbocycles. The second-order valence-corrected chi connectivity index (χ2v) is 6.20. The highest BCUT2D eigenvalue weighted by Crippen LogP contribution is 2.12. The molecule has 0 aliphatic rings. The lowest BCUT2D eigenvalue weighted by Gasteiger charge is -2.18. The van der Waals surface area contributed by atoms with Gasteiger partial charge in [-0.25, -0.2) is 0 Å². The molecule has 134 valence electrons. The van der Waals surface area contributed by atoms with Gasteiger partial charge in [-0.15, -0.1) is 0 Å². The van der Waals surface area contributed by atoms with Crippen molar-refractivity contribution < 1.29 is 9.59 Å². The van der Waals surface area contributed by atoms with E-state index in [2.05, 4.69) is 29.4 Å². The molecule has 0 aliphatic heterocycles. The van der Waals surface area contributed by atoms with E-state index in [-0.39, 0.29) is 24.3 Å². The van der Waals surface area contributed by atoms with Crippen LogP contribution in [0.3, 0.4) is 0 Å². The minimum Gasteiger partial charge on any atom is -0.346 e. The zero-order valence-electron chi connectivity index (χ0n) is 15.1. The maximum Gasteiger partial charge on any atom is 0.243 e. The number of nitrogens with one attached hydrogen (secondary N) is 2. The first-order valence-electron chi connectivity index (χ1n) is 8.51. The smallest absolute Gasteiger partial charge is 0.243 e. The second-order valence-electron chi connectivity index (χ2n) is 6.20. The predicted octanol–water partition coefficient (Wildman–Crippen LogP) is 1.57. The molecule has 0 saturated carbocycles. The first-order valence-corrected chi connectivity index (χ1v) is 8.51. The van der Waals surface area contributed by atoms with Crippen LogP contribution in [-0.2, 0) is 16.1 Å². The summed E-state index contributed by atoms with van der Waals surface area (Å²) >= 11 is 0. The maximum absolute atomic E-state index is 12.0. The monoisotopic (exact) mass is 334 g/mol. The number of nitrogens with zero attached hydrogens (tertiary/aromatic N) is 1. The van der Waals surface area contributed by atoms with E-state index in [1.807, 2.05) is 38.1 Å². The van der Waals surface area contributed by atoms with Gasteiger partial charge in [-0.1, -0.05) is 39.8 Å². The summed E-state index contributed by atoms with van der Waals surface area (Å²) in [5.41, 5.74) is 7.61. The molecule has 0 radical (unpaired) electrons. The Labute approximate surface area is 144 Å². The summed E-state index contributed by atoms with van der Waals surface area (Å²) in [5, 5.41) is 5.37. The molecule has 6 nitrogen and oxygen atoms in total. The molecule has 6 heteroatoms. The fraction of sp³-hybridized carbons (Fsp3) is 0.556. The van der Waals surface area contributed by atoms with E-state index < -0.39 is 6.04 Å². The molecule has 0 aromatic heterocycles. The Balaban J connectivity index is 2.54. The first-order chi connectivity index (χ1) is 11.4. The van der Waals surface area contributed by atoms with Gasteiger partial charge >= 0.3 is 0 Å². The van der Waals surface area contributed by atoms with E-state index in [0.29, 0.717) is 0 Å². The zero-order valence-corrected chi connectivity index (χ0v) is 15.1. The first kappa shape index (κ1) is 20.1. The number of rotatable bonds is 9. The molecule has 1 aromatic rings. The van der Waals surface area contributed by atoms with Gasteiger partial charge in [0.2, 0.25) is 11.8 Å². The largest absolute Gasteiger partial charge is 0.346 e. The SMILES string of the molecule is CCN(CC)Cc1cccc(NC(=O)CNC(=O)[C@@H](N)C(C)C)c1. The molecule has 0 fully saturated rings. The lowest BCUT2D eigenvalue weighted by Crippen LogP contribution is -2.46. The minimum absolute atomic E-state index is 0.0322. The van der Waals surface area contributed by atoms with E-state index in [4.69, 9.17) is 5.73 Å². The summed E-state index contributed by atoms with van der Waals surface area (Å²) in [5.74, 6) is -0.542. The fourth-order valence-electron chi connectivity index (χ4n) is 2.25. The number of nitrogens with two attached hydrogens (primary N) is 1. The van der Waals surface area contributed by atoms with Crippen molar-refractivity contribution in [2.24, 2.45) is 11.7 Å². The minimum atomic E-state index is -0.602. The van der Waals surface area contributed by atoms with E-state index in [0.717, 1.165) is 30.9 Å². The Morgan fingerprint density at radius 1 is 1.21 bits per heavy atom. The lowest BCUT2D eigenvalue weighted by molar-refractivity contribution is -0.125. The highest BCUT2D eigenvalue weighted by Gasteiger charge is 2.17. The van der Waals surface area contributed by atoms with Gasteiger partial charge in [0.1, 0.15) is 0 Å². The van der Waals surface area contributed by atoms with E-state index in [9.17, 15) is 9.59 Å². The van der Waals surface area contributed by atoms with Gasteiger partial charge in [0.15, 0.2) is 0 Å². The van der Waals surface area contributed by atoms with Crippen molar-refractivity contribution in [1.29, 1.82) is 0 Å². The van der Waals surface area contributed by atoms with Crippen LogP contribution < -0.4 is 16.4 Å². The third kappa shape index (κ3) is 6.68. The van der Waals surface area contributed by atoms with Gasteiger partial charge in [0.05, 0.1) is 12.6 Å². The highest BCUT2D eigenvalue weighted by atomic mass is 16.2. The zero-order chi connectivity index (χ0) is 18.1. The number of anilines is 1. The van der Waals surface area contributed by atoms with Crippen LogP contribution in [0.4, 0.5) is 5.69 Å². The molecule has 0 saturated heterocycles. The van der Waals surface area contributed by atoms with E-state index >= 15 is 0 Å². The number of hydrogen-bond acceptors (Lipinski definition) is 4. The number of hydrogen-bond donors (Lipinski definition) is 3. The molecule has 2 amide bonds. The molecule has 0 bridgehead atoms. The molecule has 1 rings (SSSR count). The number of benzene rings is 1. The van der Waals surface area contributed by atoms with Crippen molar-refractivity contribution >= 4 is 17.5 Å². The normalized spacial score (nSPS) is 12.3. The fourth-order valence-corrected chi connectivity index (χ4v) is 2.25. The van der Waals surface area contributed by atoms with Crippen molar-refractivity contribution in [2.45, 2.75) is 40.3 Å². The van der Waals surface area contributed by atoms with Gasteiger partial charge in [-0.05, 0) is 36.7 Å². The van der Waals surface area contributed by atoms with Crippen molar-refractivity contribution in [3.8, 4) is 0 Å². The Bertz CT molecular complexity index is 542. The topological polar surface area (TPSA) is 87.5 Å². The van der Waals surface area contributed by atoms with Crippen LogP contribution in [0.25, 0.3) is 0 Å². The van der Waals surface area contributed by atoms with Crippen molar-refractivity contribution in [3.05, 3.63) is 29.8 Å². The quantitative estimate of drug-likeness (QED) is 0.640. The van der Waals surface area contributed by atoms with Crippen LogP contribution in [0, 0.1) is 5.92 Å². The van der Waals surface area contributed by atoms with Crippen molar-refractivity contribution in [2.75, 3.05) is 25.0 Å². The molecule has 0 heterocycles. The number of carbonyl (C=O) groups excluding carboxylic acids is 2. The lowest BCUT2D eigenvalue weighted by atomic mass is 10.1. The molecular weight excluding hydrogens is 304 g/mol. The molecule has 24 heavy (non-hydrogen) atoms. The van der Waals surface area contributed by atoms with Crippen LogP contribution >= 0.6 is 0 Å². The van der Waals surface area contributed by atoms with Crippen molar-refractivity contribution in [3.63, 3.8) is 0 Å². The second kappa shape index (κ2) is 10.1. The Kier molecular flexibility index (Phi) is 8.43. The number of carbonyl (C=O) groups is 2. The summed E-state index contributed by atoms with van der Waals surface area (Å²) in [6.45, 7) is 10.7. The van der Waals surface area contributed by atoms with E-state index in [1.54, 1.807) is 0 Å².